The van der Waals surface area contributed by atoms with Gasteiger partial charge in [0.1, 0.15) is 0 Å². The molecule has 1 aromatic heterocycles. The van der Waals surface area contributed by atoms with Crippen molar-refractivity contribution in [2.24, 2.45) is 0 Å². The summed E-state index contributed by atoms with van der Waals surface area (Å²) in [6.45, 7) is 0. The van der Waals surface area contributed by atoms with Crippen LogP contribution in [0.25, 0.3) is 10.4 Å². The van der Waals surface area contributed by atoms with Crippen LogP contribution in [0.2, 0.25) is 0 Å². The van der Waals surface area contributed by atoms with Crippen molar-refractivity contribution in [3.8, 4) is 10.4 Å². The molecule has 0 fully saturated rings. The van der Waals surface area contributed by atoms with Crippen molar-refractivity contribution < 1.29 is 0 Å². The van der Waals surface area contributed by atoms with Crippen LogP contribution in [0.4, 0.5) is 0 Å². The summed E-state index contributed by atoms with van der Waals surface area (Å²) in [7, 11) is 0. The Hall–Kier alpha value is -0.670. The maximum absolute atomic E-state index is 4.13. The van der Waals surface area contributed by atoms with E-state index in [0.717, 1.165) is 3.92 Å². The van der Waals surface area contributed by atoms with Crippen molar-refractivity contribution in [1.82, 2.24) is 4.98 Å². The third-order valence-electron chi connectivity index (χ3n) is 1.54. The van der Waals surface area contributed by atoms with Crippen LogP contribution in [0.3, 0.4) is 0 Å². The first-order chi connectivity index (χ1) is 5.86. The Morgan fingerprint density at radius 1 is 1.17 bits per heavy atom. The van der Waals surface area contributed by atoms with E-state index in [1.54, 1.807) is 11.3 Å². The Labute approximate surface area is 83.2 Å². The molecule has 1 aromatic carbocycles. The largest absolute Gasteiger partial charge is 0.237 e. The Balaban J connectivity index is 2.45. The number of halogens is 1. The molecule has 0 bridgehead atoms. The van der Waals surface area contributed by atoms with Crippen LogP contribution in [-0.4, -0.2) is 4.98 Å². The third kappa shape index (κ3) is 1.57. The number of rotatable bonds is 1. The van der Waals surface area contributed by atoms with E-state index in [9.17, 15) is 0 Å². The quantitative estimate of drug-likeness (QED) is 0.742. The summed E-state index contributed by atoms with van der Waals surface area (Å²) < 4.78 is 0.932. The van der Waals surface area contributed by atoms with Gasteiger partial charge in [0.25, 0.3) is 0 Å². The third-order valence-corrected chi connectivity index (χ3v) is 3.06. The summed E-state index contributed by atoms with van der Waals surface area (Å²) in [5.74, 6) is 0. The molecular formula is C9H6BrNS. The van der Waals surface area contributed by atoms with Crippen LogP contribution >= 0.6 is 27.3 Å². The fourth-order valence-corrected chi connectivity index (χ4v) is 2.26. The van der Waals surface area contributed by atoms with Crippen molar-refractivity contribution >= 4 is 27.3 Å². The Morgan fingerprint density at radius 2 is 1.92 bits per heavy atom. The van der Waals surface area contributed by atoms with E-state index in [0.29, 0.717) is 0 Å². The molecule has 3 heteroatoms. The van der Waals surface area contributed by atoms with Crippen LogP contribution in [0.1, 0.15) is 0 Å². The number of benzene rings is 1. The molecule has 0 atom stereocenters. The van der Waals surface area contributed by atoms with Gasteiger partial charge in [-0.3, -0.25) is 0 Å². The highest BCUT2D eigenvalue weighted by molar-refractivity contribution is 9.11. The Morgan fingerprint density at radius 3 is 2.50 bits per heavy atom. The van der Waals surface area contributed by atoms with Gasteiger partial charge in [-0.15, -0.1) is 11.3 Å². The lowest BCUT2D eigenvalue weighted by Crippen LogP contribution is -1.67. The van der Waals surface area contributed by atoms with Gasteiger partial charge >= 0.3 is 0 Å². The highest BCUT2D eigenvalue weighted by Crippen LogP contribution is 2.28. The smallest absolute Gasteiger partial charge is 0.159 e. The first-order valence-electron chi connectivity index (χ1n) is 3.53. The van der Waals surface area contributed by atoms with Gasteiger partial charge in [-0.25, -0.2) is 4.98 Å². The zero-order valence-electron chi connectivity index (χ0n) is 6.20. The van der Waals surface area contributed by atoms with Crippen molar-refractivity contribution in [3.05, 3.63) is 40.4 Å². The fourth-order valence-electron chi connectivity index (χ4n) is 0.989. The maximum Gasteiger partial charge on any atom is 0.159 e. The lowest BCUT2D eigenvalue weighted by atomic mass is 10.2. The second-order valence-electron chi connectivity index (χ2n) is 2.34. The average molecular weight is 240 g/mol. The van der Waals surface area contributed by atoms with Gasteiger partial charge in [0.2, 0.25) is 0 Å². The number of nitrogens with zero attached hydrogens (tertiary/aromatic N) is 1. The van der Waals surface area contributed by atoms with Gasteiger partial charge in [0, 0.05) is 6.20 Å². The molecule has 1 heterocycles. The molecule has 0 aliphatic rings. The van der Waals surface area contributed by atoms with Gasteiger partial charge in [-0.05, 0) is 21.5 Å². The zero-order chi connectivity index (χ0) is 8.39. The van der Waals surface area contributed by atoms with E-state index in [-0.39, 0.29) is 0 Å². The standard InChI is InChI=1S/C9H6BrNS/c10-9-11-6-8(12-9)7-4-2-1-3-5-7/h1-6H. The molecule has 60 valence electrons. The first-order valence-corrected chi connectivity index (χ1v) is 5.14. The summed E-state index contributed by atoms with van der Waals surface area (Å²) in [4.78, 5) is 5.32. The molecule has 0 N–H and O–H groups in total. The SMILES string of the molecule is Brc1ncc(-c2ccccc2)s1. The number of aromatic nitrogens is 1. The summed E-state index contributed by atoms with van der Waals surface area (Å²) in [6.07, 6.45) is 1.88. The fraction of sp³-hybridized carbons (Fsp3) is 0. The van der Waals surface area contributed by atoms with Crippen LogP contribution in [-0.2, 0) is 0 Å². The number of hydrogen-bond donors (Lipinski definition) is 0. The highest BCUT2D eigenvalue weighted by atomic mass is 79.9. The second kappa shape index (κ2) is 3.37. The minimum atomic E-state index is 0.932. The molecule has 1 nitrogen and oxygen atoms in total. The van der Waals surface area contributed by atoms with Gasteiger partial charge in [-0.2, -0.15) is 0 Å². The van der Waals surface area contributed by atoms with Crippen LogP contribution in [0.15, 0.2) is 40.4 Å². The summed E-state index contributed by atoms with van der Waals surface area (Å²) in [5, 5.41) is 0. The van der Waals surface area contributed by atoms with E-state index in [2.05, 4.69) is 33.0 Å². The number of hydrogen-bond acceptors (Lipinski definition) is 2. The molecule has 0 amide bonds. The molecule has 0 spiro atoms. The highest BCUT2D eigenvalue weighted by Gasteiger charge is 1.99. The van der Waals surface area contributed by atoms with Crippen molar-refractivity contribution in [2.45, 2.75) is 0 Å². The molecule has 2 rings (SSSR count). The van der Waals surface area contributed by atoms with Gasteiger partial charge in [-0.1, -0.05) is 30.3 Å². The predicted octanol–water partition coefficient (Wildman–Crippen LogP) is 3.57. The van der Waals surface area contributed by atoms with Gasteiger partial charge in [0.15, 0.2) is 3.92 Å². The summed E-state index contributed by atoms with van der Waals surface area (Å²) >= 11 is 4.98. The van der Waals surface area contributed by atoms with Crippen molar-refractivity contribution in [1.29, 1.82) is 0 Å². The lowest BCUT2D eigenvalue weighted by Gasteiger charge is -1.92. The van der Waals surface area contributed by atoms with Crippen molar-refractivity contribution in [2.75, 3.05) is 0 Å². The normalized spacial score (nSPS) is 10.1. The van der Waals surface area contributed by atoms with E-state index < -0.39 is 0 Å². The monoisotopic (exact) mass is 239 g/mol. The second-order valence-corrected chi connectivity index (χ2v) is 4.65. The maximum atomic E-state index is 4.13. The first kappa shape index (κ1) is 7.95. The number of thiazole rings is 1. The Bertz CT molecular complexity index is 369. The summed E-state index contributed by atoms with van der Waals surface area (Å²) in [6, 6.07) is 10.2. The predicted molar refractivity (Wildman–Crippen MR) is 55.3 cm³/mol. The molecule has 0 aliphatic carbocycles. The molecule has 0 aliphatic heterocycles. The Kier molecular flexibility index (Phi) is 2.23. The molecule has 0 saturated carbocycles. The summed E-state index contributed by atoms with van der Waals surface area (Å²) in [5.41, 5.74) is 1.22. The minimum absolute atomic E-state index is 0.932. The van der Waals surface area contributed by atoms with E-state index >= 15 is 0 Å². The van der Waals surface area contributed by atoms with E-state index in [1.165, 1.54) is 10.4 Å². The zero-order valence-corrected chi connectivity index (χ0v) is 8.60. The van der Waals surface area contributed by atoms with E-state index in [1.807, 2.05) is 24.4 Å². The van der Waals surface area contributed by atoms with Crippen molar-refractivity contribution in [3.63, 3.8) is 0 Å². The molecular weight excluding hydrogens is 234 g/mol. The molecule has 12 heavy (non-hydrogen) atoms. The average Bonchev–Trinajstić information content (AvgIpc) is 2.54. The van der Waals surface area contributed by atoms with Gasteiger partial charge < -0.3 is 0 Å². The molecule has 0 saturated heterocycles. The van der Waals surface area contributed by atoms with Crippen LogP contribution in [0, 0.1) is 0 Å². The van der Waals surface area contributed by atoms with Gasteiger partial charge in [0.05, 0.1) is 4.88 Å². The molecule has 0 unspecified atom stereocenters. The molecule has 2 aromatic rings. The van der Waals surface area contributed by atoms with Crippen LogP contribution in [0.5, 0.6) is 0 Å². The lowest BCUT2D eigenvalue weighted by molar-refractivity contribution is 1.38. The minimum Gasteiger partial charge on any atom is -0.237 e. The molecule has 0 radical (unpaired) electrons. The van der Waals surface area contributed by atoms with Crippen LogP contribution < -0.4 is 0 Å². The van der Waals surface area contributed by atoms with E-state index in [4.69, 9.17) is 0 Å². The topological polar surface area (TPSA) is 12.9 Å².